The Morgan fingerprint density at radius 2 is 1.74 bits per heavy atom. The van der Waals surface area contributed by atoms with E-state index < -0.39 is 0 Å². The lowest BCUT2D eigenvalue weighted by molar-refractivity contribution is 0.103. The Morgan fingerprint density at radius 1 is 1.09 bits per heavy atom. The first-order chi connectivity index (χ1) is 11.1. The average Bonchev–Trinajstić information content (AvgIpc) is 2.57. The average molecular weight is 305 g/mol. The van der Waals surface area contributed by atoms with Crippen LogP contribution < -0.4 is 5.73 Å². The van der Waals surface area contributed by atoms with Gasteiger partial charge in [0.15, 0.2) is 5.78 Å². The number of nitrogens with two attached hydrogens (primary N) is 1. The summed E-state index contributed by atoms with van der Waals surface area (Å²) in [5.74, 6) is -0.165. The van der Waals surface area contributed by atoms with Crippen LogP contribution in [0.1, 0.15) is 21.5 Å². The van der Waals surface area contributed by atoms with Crippen LogP contribution in [0.4, 0.5) is 0 Å². The van der Waals surface area contributed by atoms with Crippen molar-refractivity contribution in [1.29, 1.82) is 0 Å². The summed E-state index contributed by atoms with van der Waals surface area (Å²) in [4.78, 5) is 12.7. The molecule has 1 aliphatic rings. The molecule has 0 aliphatic carbocycles. The van der Waals surface area contributed by atoms with Gasteiger partial charge in [-0.15, -0.1) is 0 Å². The second kappa shape index (κ2) is 6.10. The van der Waals surface area contributed by atoms with E-state index in [4.69, 9.17) is 5.73 Å². The molecule has 116 valence electrons. The summed E-state index contributed by atoms with van der Waals surface area (Å²) in [6.07, 6.45) is 1.60. The fraction of sp³-hybridized carbons (Fsp3) is 0.105. The smallest absolute Gasteiger partial charge is 0.194 e. The number of hydrogen-bond donors (Lipinski definition) is 1. The van der Waals surface area contributed by atoms with Crippen molar-refractivity contribution >= 4 is 11.5 Å². The predicted molar refractivity (Wildman–Crippen MR) is 91.2 cm³/mol. The van der Waals surface area contributed by atoms with Gasteiger partial charge in [0.25, 0.3) is 0 Å². The minimum atomic E-state index is -0.165. The third-order valence-electron chi connectivity index (χ3n) is 3.94. The highest BCUT2D eigenvalue weighted by Gasteiger charge is 2.23. The fourth-order valence-corrected chi connectivity index (χ4v) is 2.72. The van der Waals surface area contributed by atoms with Gasteiger partial charge in [-0.2, -0.15) is 0 Å². The van der Waals surface area contributed by atoms with Crippen molar-refractivity contribution in [3.05, 3.63) is 93.8 Å². The van der Waals surface area contributed by atoms with Gasteiger partial charge in [0.2, 0.25) is 0 Å². The first-order valence-corrected chi connectivity index (χ1v) is 7.40. The maximum Gasteiger partial charge on any atom is 0.194 e. The van der Waals surface area contributed by atoms with Crippen LogP contribution in [-0.4, -0.2) is 17.4 Å². The van der Waals surface area contributed by atoms with Crippen molar-refractivity contribution in [3.63, 3.8) is 0 Å². The Labute approximate surface area is 135 Å². The van der Waals surface area contributed by atoms with E-state index in [1.807, 2.05) is 37.3 Å². The van der Waals surface area contributed by atoms with Gasteiger partial charge in [-0.25, -0.2) is 0 Å². The molecule has 0 amide bonds. The number of hydroxylamine groups is 2. The van der Waals surface area contributed by atoms with Gasteiger partial charge in [-0.3, -0.25) is 4.79 Å². The van der Waals surface area contributed by atoms with Crippen LogP contribution >= 0.6 is 0 Å². The fourth-order valence-electron chi connectivity index (χ4n) is 2.72. The molecule has 0 atom stereocenters. The van der Waals surface area contributed by atoms with Gasteiger partial charge in [0, 0.05) is 23.2 Å². The Hall–Kier alpha value is -2.85. The van der Waals surface area contributed by atoms with E-state index >= 15 is 0 Å². The molecule has 0 unspecified atom stereocenters. The molecule has 0 fully saturated rings. The lowest BCUT2D eigenvalue weighted by Gasteiger charge is -2.37. The maximum atomic E-state index is 12.7. The van der Waals surface area contributed by atoms with Crippen molar-refractivity contribution in [2.45, 2.75) is 6.92 Å². The molecule has 0 saturated carbocycles. The molecule has 2 aromatic rings. The van der Waals surface area contributed by atoms with E-state index in [9.17, 15) is 10.0 Å². The van der Waals surface area contributed by atoms with Crippen molar-refractivity contribution < 1.29 is 4.79 Å². The quantitative estimate of drug-likeness (QED) is 0.884. The molecule has 2 N–H and O–H groups in total. The number of carbonyl (C=O) groups is 1. The van der Waals surface area contributed by atoms with E-state index in [1.165, 1.54) is 0 Å². The van der Waals surface area contributed by atoms with Crippen LogP contribution in [0.3, 0.4) is 0 Å². The summed E-state index contributed by atoms with van der Waals surface area (Å²) in [5.41, 5.74) is 9.45. The number of nitrogens with zero attached hydrogens (tertiary/aromatic N) is 1. The third kappa shape index (κ3) is 2.76. The molecule has 4 heteroatoms. The zero-order valence-electron chi connectivity index (χ0n) is 12.8. The molecule has 23 heavy (non-hydrogen) atoms. The van der Waals surface area contributed by atoms with E-state index in [0.717, 1.165) is 16.2 Å². The van der Waals surface area contributed by atoms with E-state index in [1.54, 1.807) is 30.3 Å². The summed E-state index contributed by atoms with van der Waals surface area (Å²) in [5, 5.41) is 13.1. The SMILES string of the molecule is Cc1ccccc1C1=C(N)C(C(=O)c2ccccc2)=CCN1[O-]. The lowest BCUT2D eigenvalue weighted by atomic mass is 9.94. The molecule has 0 spiro atoms. The topological polar surface area (TPSA) is 69.4 Å². The van der Waals surface area contributed by atoms with E-state index in [-0.39, 0.29) is 18.0 Å². The van der Waals surface area contributed by atoms with Crippen LogP contribution in [0.2, 0.25) is 0 Å². The van der Waals surface area contributed by atoms with E-state index in [2.05, 4.69) is 0 Å². The Kier molecular flexibility index (Phi) is 4.00. The highest BCUT2D eigenvalue weighted by atomic mass is 16.5. The highest BCUT2D eigenvalue weighted by molar-refractivity contribution is 6.12. The number of Topliss-reactive ketones (excluding diaryl/α,β-unsaturated/α-hetero) is 1. The van der Waals surface area contributed by atoms with Gasteiger partial charge < -0.3 is 16.0 Å². The number of aryl methyl sites for hydroxylation is 1. The number of carbonyl (C=O) groups excluding carboxylic acids is 1. The van der Waals surface area contributed by atoms with Crippen molar-refractivity contribution in [2.75, 3.05) is 6.54 Å². The first kappa shape index (κ1) is 15.1. The largest absolute Gasteiger partial charge is 0.758 e. The van der Waals surface area contributed by atoms with Crippen LogP contribution in [0, 0.1) is 12.1 Å². The summed E-state index contributed by atoms with van der Waals surface area (Å²) in [7, 11) is 0. The molecule has 0 aromatic heterocycles. The lowest BCUT2D eigenvalue weighted by Crippen LogP contribution is -2.27. The molecule has 1 aliphatic heterocycles. The number of rotatable bonds is 3. The maximum absolute atomic E-state index is 12.7. The third-order valence-corrected chi connectivity index (χ3v) is 3.94. The standard InChI is InChI=1S/C19H17N2O2/c1-13-7-5-6-10-15(13)18-17(20)16(11-12-21(18)23)19(22)14-8-3-2-4-9-14/h2-11H,12,20H2,1H3/q-1. The van der Waals surface area contributed by atoms with Crippen molar-refractivity contribution in [3.8, 4) is 0 Å². The Bertz CT molecular complexity index is 807. The second-order valence-electron chi connectivity index (χ2n) is 5.45. The van der Waals surface area contributed by atoms with Gasteiger partial charge >= 0.3 is 0 Å². The highest BCUT2D eigenvalue weighted by Crippen LogP contribution is 2.30. The summed E-state index contributed by atoms with van der Waals surface area (Å²) in [6.45, 7) is 2.03. The molecule has 4 nitrogen and oxygen atoms in total. The molecule has 0 saturated heterocycles. The minimum Gasteiger partial charge on any atom is -0.758 e. The summed E-state index contributed by atoms with van der Waals surface area (Å²) >= 11 is 0. The van der Waals surface area contributed by atoms with Gasteiger partial charge in [0.05, 0.1) is 11.4 Å². The Morgan fingerprint density at radius 3 is 2.43 bits per heavy atom. The van der Waals surface area contributed by atoms with Crippen LogP contribution in [0.15, 0.2) is 71.9 Å². The molecular weight excluding hydrogens is 288 g/mol. The first-order valence-electron chi connectivity index (χ1n) is 7.40. The molecule has 0 radical (unpaired) electrons. The molecule has 0 bridgehead atoms. The number of ketones is 1. The minimum absolute atomic E-state index is 0.109. The van der Waals surface area contributed by atoms with Gasteiger partial charge in [-0.05, 0) is 12.5 Å². The zero-order chi connectivity index (χ0) is 16.4. The van der Waals surface area contributed by atoms with Gasteiger partial charge in [0.1, 0.15) is 0 Å². The number of benzene rings is 2. The molecule has 2 aromatic carbocycles. The Balaban J connectivity index is 2.07. The normalized spacial score (nSPS) is 14.7. The second-order valence-corrected chi connectivity index (χ2v) is 5.45. The van der Waals surface area contributed by atoms with Crippen LogP contribution in [-0.2, 0) is 0 Å². The van der Waals surface area contributed by atoms with Crippen LogP contribution in [0.5, 0.6) is 0 Å². The van der Waals surface area contributed by atoms with E-state index in [0.29, 0.717) is 16.8 Å². The van der Waals surface area contributed by atoms with Crippen molar-refractivity contribution in [2.24, 2.45) is 5.73 Å². The summed E-state index contributed by atoms with van der Waals surface area (Å²) < 4.78 is 0. The summed E-state index contributed by atoms with van der Waals surface area (Å²) in [6, 6.07) is 16.5. The monoisotopic (exact) mass is 305 g/mol. The predicted octanol–water partition coefficient (Wildman–Crippen LogP) is 3.25. The van der Waals surface area contributed by atoms with Crippen molar-refractivity contribution in [1.82, 2.24) is 5.06 Å². The molecular formula is C19H17N2O2-. The van der Waals surface area contributed by atoms with Gasteiger partial charge in [-0.1, -0.05) is 60.7 Å². The number of hydrogen-bond acceptors (Lipinski definition) is 4. The van der Waals surface area contributed by atoms with Crippen LogP contribution in [0.25, 0.3) is 5.70 Å². The molecule has 1 heterocycles. The number of allylic oxidation sites excluding steroid dienone is 1. The zero-order valence-corrected chi connectivity index (χ0v) is 12.8. The molecule has 3 rings (SSSR count).